The van der Waals surface area contributed by atoms with E-state index in [-0.39, 0.29) is 18.0 Å². The van der Waals surface area contributed by atoms with Gasteiger partial charge in [0.1, 0.15) is 5.82 Å². The first-order chi connectivity index (χ1) is 14.4. The van der Waals surface area contributed by atoms with Gasteiger partial charge in [-0.3, -0.25) is 19.7 Å². The van der Waals surface area contributed by atoms with Gasteiger partial charge in [0.2, 0.25) is 5.91 Å². The summed E-state index contributed by atoms with van der Waals surface area (Å²) in [5.41, 5.74) is 1.72. The van der Waals surface area contributed by atoms with Crippen LogP contribution >= 0.6 is 11.8 Å². The van der Waals surface area contributed by atoms with Crippen LogP contribution in [0.25, 0.3) is 0 Å². The van der Waals surface area contributed by atoms with E-state index in [4.69, 9.17) is 0 Å². The molecule has 0 bridgehead atoms. The van der Waals surface area contributed by atoms with E-state index < -0.39 is 16.4 Å². The first-order valence-corrected chi connectivity index (χ1v) is 10.2. The highest BCUT2D eigenvalue weighted by atomic mass is 32.2. The van der Waals surface area contributed by atoms with Crippen LogP contribution in [0.15, 0.2) is 64.5 Å². The second-order valence-electron chi connectivity index (χ2n) is 6.95. The van der Waals surface area contributed by atoms with Gasteiger partial charge in [0.25, 0.3) is 11.2 Å². The number of nitrogens with one attached hydrogen (secondary N) is 1. The van der Waals surface area contributed by atoms with Crippen LogP contribution in [0.1, 0.15) is 29.0 Å². The van der Waals surface area contributed by atoms with Gasteiger partial charge in [-0.25, -0.2) is 0 Å². The number of nitro groups is 1. The van der Waals surface area contributed by atoms with Crippen molar-refractivity contribution in [2.75, 3.05) is 5.32 Å². The summed E-state index contributed by atoms with van der Waals surface area (Å²) in [5.74, 6) is 0.338. The summed E-state index contributed by atoms with van der Waals surface area (Å²) in [4.78, 5) is 40.0. The number of amides is 1. The lowest BCUT2D eigenvalue weighted by Crippen LogP contribution is -2.33. The number of hydrogen-bond acceptors (Lipinski definition) is 6. The fourth-order valence-electron chi connectivity index (χ4n) is 3.50. The number of hydrogen-bond donors (Lipinski definition) is 1. The Hall–Kier alpha value is -3.46. The molecule has 0 fully saturated rings. The summed E-state index contributed by atoms with van der Waals surface area (Å²) in [6.45, 7) is 0. The zero-order valence-corrected chi connectivity index (χ0v) is 16.9. The summed E-state index contributed by atoms with van der Waals surface area (Å²) in [5, 5.41) is 14.2. The Balaban J connectivity index is 1.71. The molecule has 3 aromatic rings. The Morgan fingerprint density at radius 2 is 1.87 bits per heavy atom. The molecule has 0 radical (unpaired) electrons. The minimum atomic E-state index is -0.506. The fourth-order valence-corrected chi connectivity index (χ4v) is 4.42. The summed E-state index contributed by atoms with van der Waals surface area (Å²) < 4.78 is 1.72. The Bertz CT molecular complexity index is 1180. The monoisotopic (exact) mass is 422 g/mol. The van der Waals surface area contributed by atoms with Crippen molar-refractivity contribution in [3.8, 4) is 0 Å². The van der Waals surface area contributed by atoms with Gasteiger partial charge < -0.3 is 9.88 Å². The van der Waals surface area contributed by atoms with E-state index in [0.29, 0.717) is 27.9 Å². The Morgan fingerprint density at radius 1 is 1.17 bits per heavy atom. The van der Waals surface area contributed by atoms with Gasteiger partial charge in [0, 0.05) is 37.3 Å². The molecule has 0 spiro atoms. The molecule has 1 N–H and O–H groups in total. The third-order valence-electron chi connectivity index (χ3n) is 5.02. The normalized spacial score (nSPS) is 15.4. The molecule has 152 valence electrons. The Morgan fingerprint density at radius 3 is 2.53 bits per heavy atom. The van der Waals surface area contributed by atoms with Crippen molar-refractivity contribution in [2.24, 2.45) is 7.05 Å². The summed E-state index contributed by atoms with van der Waals surface area (Å²) >= 11 is 1.42. The fraction of sp³-hybridized carbons (Fsp3) is 0.190. The van der Waals surface area contributed by atoms with Crippen molar-refractivity contribution in [1.82, 2.24) is 9.55 Å². The van der Waals surface area contributed by atoms with Crippen LogP contribution in [0, 0.1) is 10.1 Å². The van der Waals surface area contributed by atoms with Crippen LogP contribution in [0.5, 0.6) is 0 Å². The molecule has 1 unspecified atom stereocenters. The predicted molar refractivity (Wildman–Crippen MR) is 114 cm³/mol. The van der Waals surface area contributed by atoms with Crippen molar-refractivity contribution >= 4 is 29.2 Å². The molecular formula is C21H18N4O4S. The van der Waals surface area contributed by atoms with Crippen molar-refractivity contribution in [2.45, 2.75) is 23.2 Å². The van der Waals surface area contributed by atoms with E-state index in [1.165, 1.54) is 23.9 Å². The van der Waals surface area contributed by atoms with Crippen LogP contribution in [-0.4, -0.2) is 20.4 Å². The van der Waals surface area contributed by atoms with Crippen LogP contribution in [0.4, 0.5) is 11.5 Å². The van der Waals surface area contributed by atoms with Crippen molar-refractivity contribution < 1.29 is 9.72 Å². The van der Waals surface area contributed by atoms with E-state index in [1.54, 1.807) is 23.7 Å². The van der Waals surface area contributed by atoms with Crippen LogP contribution < -0.4 is 10.9 Å². The van der Waals surface area contributed by atoms with Gasteiger partial charge in [0.15, 0.2) is 5.16 Å². The molecule has 1 amide bonds. The largest absolute Gasteiger partial charge is 0.312 e. The van der Waals surface area contributed by atoms with E-state index in [9.17, 15) is 19.7 Å². The highest BCUT2D eigenvalue weighted by Crippen LogP contribution is 2.36. The molecule has 30 heavy (non-hydrogen) atoms. The molecule has 4 rings (SSSR count). The van der Waals surface area contributed by atoms with Crippen LogP contribution in [0.2, 0.25) is 0 Å². The van der Waals surface area contributed by atoms with E-state index in [2.05, 4.69) is 10.3 Å². The number of benzene rings is 2. The maximum atomic E-state index is 12.9. The smallest absolute Gasteiger partial charge is 0.279 e. The lowest BCUT2D eigenvalue weighted by Gasteiger charge is -2.27. The Labute approximate surface area is 176 Å². The number of carbonyl (C=O) groups is 1. The number of nitrogens with zero attached hydrogens (tertiary/aromatic N) is 3. The highest BCUT2D eigenvalue weighted by Gasteiger charge is 2.32. The average molecular weight is 422 g/mol. The van der Waals surface area contributed by atoms with Gasteiger partial charge in [-0.2, -0.15) is 4.98 Å². The molecule has 0 saturated carbocycles. The molecule has 0 aliphatic carbocycles. The molecular weight excluding hydrogens is 404 g/mol. The predicted octanol–water partition coefficient (Wildman–Crippen LogP) is 3.45. The van der Waals surface area contributed by atoms with E-state index in [0.717, 1.165) is 5.56 Å². The summed E-state index contributed by atoms with van der Waals surface area (Å²) in [6, 6.07) is 15.8. The Kier molecular flexibility index (Phi) is 5.37. The van der Waals surface area contributed by atoms with E-state index >= 15 is 0 Å². The number of fused-ring (bicyclic) bond motifs is 1. The third kappa shape index (κ3) is 3.84. The van der Waals surface area contributed by atoms with Gasteiger partial charge in [-0.1, -0.05) is 54.2 Å². The maximum Gasteiger partial charge on any atom is 0.279 e. The standard InChI is InChI=1S/C21H18N4O4S/c1-24-19-18(20(27)23-21(24)30-12-13-5-3-2-4-6-13)16(11-17(26)22-19)14-7-9-15(10-8-14)25(28)29/h2-10,16H,11-12H2,1H3,(H,22,26). The molecule has 1 aromatic heterocycles. The number of non-ortho nitro benzene ring substituents is 1. The minimum absolute atomic E-state index is 0.0436. The van der Waals surface area contributed by atoms with Crippen LogP contribution in [0.3, 0.4) is 0 Å². The molecule has 0 saturated heterocycles. The molecule has 1 atom stereocenters. The van der Waals surface area contributed by atoms with Gasteiger partial charge in [-0.05, 0) is 11.1 Å². The minimum Gasteiger partial charge on any atom is -0.312 e. The zero-order valence-electron chi connectivity index (χ0n) is 16.1. The van der Waals surface area contributed by atoms with Gasteiger partial charge in [0.05, 0.1) is 10.5 Å². The average Bonchev–Trinajstić information content (AvgIpc) is 2.75. The number of anilines is 1. The van der Waals surface area contributed by atoms with Gasteiger partial charge >= 0.3 is 0 Å². The maximum absolute atomic E-state index is 12.9. The molecule has 2 heterocycles. The lowest BCUT2D eigenvalue weighted by molar-refractivity contribution is -0.384. The SMILES string of the molecule is Cn1c(SCc2ccccc2)nc(=O)c2c1NC(=O)CC2c1ccc([N+](=O)[O-])cc1. The number of aromatic nitrogens is 2. The van der Waals surface area contributed by atoms with Gasteiger partial charge in [-0.15, -0.1) is 0 Å². The molecule has 1 aliphatic heterocycles. The number of thioether (sulfide) groups is 1. The molecule has 2 aromatic carbocycles. The third-order valence-corrected chi connectivity index (χ3v) is 6.12. The molecule has 9 heteroatoms. The summed E-state index contributed by atoms with van der Waals surface area (Å²) in [6.07, 6.45) is 0.0816. The van der Waals surface area contributed by atoms with Crippen molar-refractivity contribution in [3.05, 3.63) is 91.8 Å². The van der Waals surface area contributed by atoms with Crippen LogP contribution in [-0.2, 0) is 17.6 Å². The molecule has 8 nitrogen and oxygen atoms in total. The lowest BCUT2D eigenvalue weighted by atomic mass is 9.86. The second kappa shape index (κ2) is 8.11. The number of carbonyl (C=O) groups excluding carboxylic acids is 1. The quantitative estimate of drug-likeness (QED) is 0.292. The highest BCUT2D eigenvalue weighted by molar-refractivity contribution is 7.98. The summed E-state index contributed by atoms with van der Waals surface area (Å²) in [7, 11) is 1.76. The molecule has 1 aliphatic rings. The van der Waals surface area contributed by atoms with Crippen molar-refractivity contribution in [1.29, 1.82) is 0 Å². The second-order valence-corrected chi connectivity index (χ2v) is 7.89. The van der Waals surface area contributed by atoms with Crippen molar-refractivity contribution in [3.63, 3.8) is 0 Å². The van der Waals surface area contributed by atoms with E-state index in [1.807, 2.05) is 30.3 Å². The number of rotatable bonds is 5. The first-order valence-electron chi connectivity index (χ1n) is 9.26. The zero-order chi connectivity index (χ0) is 21.3. The number of nitro benzene ring substituents is 1. The topological polar surface area (TPSA) is 107 Å². The first kappa shape index (κ1) is 19.8.